The van der Waals surface area contributed by atoms with E-state index in [1.165, 1.54) is 6.92 Å². The van der Waals surface area contributed by atoms with Crippen LogP contribution in [0.25, 0.3) is 0 Å². The Hall–Kier alpha value is -2.89. The lowest BCUT2D eigenvalue weighted by Gasteiger charge is -2.13. The van der Waals surface area contributed by atoms with E-state index in [1.807, 2.05) is 25.5 Å². The van der Waals surface area contributed by atoms with Crippen molar-refractivity contribution in [2.75, 3.05) is 6.61 Å². The average Bonchev–Trinajstić information content (AvgIpc) is 2.87. The maximum atomic E-state index is 12.2. The highest BCUT2D eigenvalue weighted by Crippen LogP contribution is 2.14. The van der Waals surface area contributed by atoms with Crippen molar-refractivity contribution in [3.05, 3.63) is 58.9 Å². The number of nitrogens with zero attached hydrogens (tertiary/aromatic N) is 1. The number of carbonyl (C=O) groups excluding carboxylic acids is 3. The number of ketones is 1. The van der Waals surface area contributed by atoms with Gasteiger partial charge in [-0.3, -0.25) is 9.59 Å². The Balaban J connectivity index is 1.90. The first-order valence-corrected chi connectivity index (χ1v) is 8.00. The van der Waals surface area contributed by atoms with Gasteiger partial charge in [0.05, 0.1) is 0 Å². The van der Waals surface area contributed by atoms with Crippen LogP contribution in [0.15, 0.2) is 36.4 Å². The van der Waals surface area contributed by atoms with Gasteiger partial charge in [0.1, 0.15) is 6.04 Å². The molecule has 132 valence electrons. The molecule has 2 rings (SSSR count). The van der Waals surface area contributed by atoms with E-state index in [-0.39, 0.29) is 18.3 Å². The predicted octanol–water partition coefficient (Wildman–Crippen LogP) is 2.19. The molecule has 1 aromatic carbocycles. The second-order valence-electron chi connectivity index (χ2n) is 5.94. The largest absolute Gasteiger partial charge is 0.456 e. The van der Waals surface area contributed by atoms with Gasteiger partial charge in [-0.2, -0.15) is 0 Å². The molecule has 0 bridgehead atoms. The van der Waals surface area contributed by atoms with E-state index in [2.05, 4.69) is 5.32 Å². The summed E-state index contributed by atoms with van der Waals surface area (Å²) in [4.78, 5) is 36.2. The maximum Gasteiger partial charge on any atom is 0.328 e. The van der Waals surface area contributed by atoms with E-state index in [0.29, 0.717) is 11.1 Å². The zero-order valence-electron chi connectivity index (χ0n) is 14.8. The van der Waals surface area contributed by atoms with Gasteiger partial charge >= 0.3 is 5.97 Å². The summed E-state index contributed by atoms with van der Waals surface area (Å²) >= 11 is 0. The Bertz CT molecular complexity index is 793. The van der Waals surface area contributed by atoms with E-state index < -0.39 is 12.0 Å². The Morgan fingerprint density at radius 3 is 2.36 bits per heavy atom. The molecule has 6 nitrogen and oxygen atoms in total. The first-order chi connectivity index (χ1) is 11.8. The van der Waals surface area contributed by atoms with Crippen LogP contribution in [0.3, 0.4) is 0 Å². The molecule has 0 saturated heterocycles. The van der Waals surface area contributed by atoms with E-state index in [0.717, 1.165) is 11.4 Å². The third-order valence-corrected chi connectivity index (χ3v) is 4.16. The number of Topliss-reactive ketones (excluding diaryl/α,β-unsaturated/α-hetero) is 1. The van der Waals surface area contributed by atoms with E-state index in [1.54, 1.807) is 36.4 Å². The van der Waals surface area contributed by atoms with Crippen molar-refractivity contribution in [2.24, 2.45) is 7.05 Å². The third kappa shape index (κ3) is 4.35. The second kappa shape index (κ2) is 7.79. The predicted molar refractivity (Wildman–Crippen MR) is 93.5 cm³/mol. The van der Waals surface area contributed by atoms with Crippen molar-refractivity contribution < 1.29 is 19.1 Å². The minimum atomic E-state index is -0.848. The van der Waals surface area contributed by atoms with E-state index in [9.17, 15) is 14.4 Å². The molecule has 0 spiro atoms. The van der Waals surface area contributed by atoms with Crippen LogP contribution in [0.2, 0.25) is 0 Å². The quantitative estimate of drug-likeness (QED) is 0.645. The molecular weight excluding hydrogens is 320 g/mol. The summed E-state index contributed by atoms with van der Waals surface area (Å²) < 4.78 is 6.95. The van der Waals surface area contributed by atoms with Crippen molar-refractivity contribution in [3.8, 4) is 0 Å². The van der Waals surface area contributed by atoms with Crippen molar-refractivity contribution in [1.29, 1.82) is 0 Å². The summed E-state index contributed by atoms with van der Waals surface area (Å²) in [5, 5.41) is 2.56. The fourth-order valence-electron chi connectivity index (χ4n) is 2.41. The van der Waals surface area contributed by atoms with Gasteiger partial charge in [-0.1, -0.05) is 18.2 Å². The Kier molecular flexibility index (Phi) is 5.75. The highest BCUT2D eigenvalue weighted by atomic mass is 16.5. The molecule has 1 N–H and O–H groups in total. The van der Waals surface area contributed by atoms with Crippen LogP contribution in [0.5, 0.6) is 0 Å². The fraction of sp³-hybridized carbons (Fsp3) is 0.316. The summed E-state index contributed by atoms with van der Waals surface area (Å²) in [6.45, 7) is 4.90. The van der Waals surface area contributed by atoms with Gasteiger partial charge in [-0.15, -0.1) is 0 Å². The number of rotatable bonds is 6. The Morgan fingerprint density at radius 1 is 1.16 bits per heavy atom. The number of ether oxygens (including phenoxy) is 1. The number of aryl methyl sites for hydroxylation is 1. The van der Waals surface area contributed by atoms with Crippen LogP contribution in [0, 0.1) is 13.8 Å². The lowest BCUT2D eigenvalue weighted by Crippen LogP contribution is -2.40. The molecule has 1 amide bonds. The third-order valence-electron chi connectivity index (χ3n) is 4.16. The SMILES string of the molecule is Cc1cc(C(=O)COC(=O)[C@H](C)NC(=O)c2ccccc2)c(C)n1C. The van der Waals surface area contributed by atoms with Gasteiger partial charge in [0, 0.05) is 29.6 Å². The number of nitrogens with one attached hydrogen (secondary N) is 1. The number of carbonyl (C=O) groups is 3. The van der Waals surface area contributed by atoms with Crippen molar-refractivity contribution in [2.45, 2.75) is 26.8 Å². The number of amides is 1. The molecule has 1 heterocycles. The van der Waals surface area contributed by atoms with Gasteiger partial charge < -0.3 is 14.6 Å². The number of hydrogen-bond acceptors (Lipinski definition) is 4. The van der Waals surface area contributed by atoms with Crippen molar-refractivity contribution in [1.82, 2.24) is 9.88 Å². The smallest absolute Gasteiger partial charge is 0.328 e. The molecule has 0 radical (unpaired) electrons. The van der Waals surface area contributed by atoms with Crippen LogP contribution < -0.4 is 5.32 Å². The molecule has 0 aliphatic rings. The summed E-state index contributed by atoms with van der Waals surface area (Å²) in [7, 11) is 1.87. The van der Waals surface area contributed by atoms with Crippen molar-refractivity contribution >= 4 is 17.7 Å². The van der Waals surface area contributed by atoms with Crippen molar-refractivity contribution in [3.63, 3.8) is 0 Å². The molecule has 0 saturated carbocycles. The average molecular weight is 342 g/mol. The molecule has 6 heteroatoms. The molecule has 1 aromatic heterocycles. The molecule has 2 aromatic rings. The lowest BCUT2D eigenvalue weighted by molar-refractivity contribution is -0.144. The summed E-state index contributed by atoms with van der Waals surface area (Å²) in [5.41, 5.74) is 2.77. The van der Waals surface area contributed by atoms with Gasteiger partial charge in [0.25, 0.3) is 5.91 Å². The number of benzene rings is 1. The molecule has 25 heavy (non-hydrogen) atoms. The van der Waals surface area contributed by atoms with Crippen LogP contribution in [0.1, 0.15) is 39.0 Å². The van der Waals surface area contributed by atoms with Crippen LogP contribution in [-0.2, 0) is 16.6 Å². The molecule has 0 aliphatic carbocycles. The van der Waals surface area contributed by atoms with E-state index in [4.69, 9.17) is 4.74 Å². The maximum absolute atomic E-state index is 12.2. The topological polar surface area (TPSA) is 77.4 Å². The standard InChI is InChI=1S/C19H22N2O4/c1-12-10-16(14(3)21(12)4)17(22)11-25-19(24)13(2)20-18(23)15-8-6-5-7-9-15/h5-10,13H,11H2,1-4H3,(H,20,23)/t13-/m0/s1. The summed E-state index contributed by atoms with van der Waals surface area (Å²) in [6.07, 6.45) is 0. The minimum absolute atomic E-state index is 0.267. The molecule has 1 atom stereocenters. The van der Waals surface area contributed by atoms with Crippen LogP contribution in [-0.4, -0.2) is 34.9 Å². The lowest BCUT2D eigenvalue weighted by atomic mass is 10.1. The zero-order valence-corrected chi connectivity index (χ0v) is 14.8. The Labute approximate surface area is 146 Å². The fourth-order valence-corrected chi connectivity index (χ4v) is 2.41. The summed E-state index contributed by atoms with van der Waals surface area (Å²) in [6, 6.07) is 9.50. The molecule has 0 unspecified atom stereocenters. The first kappa shape index (κ1) is 18.4. The molecule has 0 aliphatic heterocycles. The van der Waals surface area contributed by atoms with E-state index >= 15 is 0 Å². The van der Waals surface area contributed by atoms with Gasteiger partial charge in [0.15, 0.2) is 6.61 Å². The zero-order chi connectivity index (χ0) is 18.6. The normalized spacial score (nSPS) is 11.7. The highest BCUT2D eigenvalue weighted by Gasteiger charge is 2.20. The minimum Gasteiger partial charge on any atom is -0.456 e. The van der Waals surface area contributed by atoms with Gasteiger partial charge in [-0.25, -0.2) is 4.79 Å². The molecule has 0 fully saturated rings. The van der Waals surface area contributed by atoms with Gasteiger partial charge in [0.2, 0.25) is 5.78 Å². The Morgan fingerprint density at radius 2 is 1.80 bits per heavy atom. The number of esters is 1. The summed E-state index contributed by atoms with van der Waals surface area (Å²) in [5.74, 6) is -1.29. The molecular formula is C19H22N2O4. The monoisotopic (exact) mass is 342 g/mol. The number of hydrogen-bond donors (Lipinski definition) is 1. The van der Waals surface area contributed by atoms with Crippen LogP contribution in [0.4, 0.5) is 0 Å². The van der Waals surface area contributed by atoms with Crippen LogP contribution >= 0.6 is 0 Å². The number of aromatic nitrogens is 1. The van der Waals surface area contributed by atoms with Gasteiger partial charge in [-0.05, 0) is 39.0 Å². The highest BCUT2D eigenvalue weighted by molar-refractivity contribution is 6.00. The first-order valence-electron chi connectivity index (χ1n) is 8.00. The second-order valence-corrected chi connectivity index (χ2v) is 5.94.